The second-order valence-corrected chi connectivity index (χ2v) is 9.54. The molecule has 0 fully saturated rings. The molecule has 0 radical (unpaired) electrons. The van der Waals surface area contributed by atoms with Crippen LogP contribution in [0.1, 0.15) is 13.8 Å². The van der Waals surface area contributed by atoms with E-state index >= 15 is 0 Å². The molecule has 0 aliphatic rings. The predicted molar refractivity (Wildman–Crippen MR) is 68.3 cm³/mol. The third-order valence-corrected chi connectivity index (χ3v) is 8.89. The van der Waals surface area contributed by atoms with Crippen molar-refractivity contribution in [3.63, 3.8) is 0 Å². The van der Waals surface area contributed by atoms with Crippen molar-refractivity contribution in [1.29, 1.82) is 0 Å². The van der Waals surface area contributed by atoms with Crippen molar-refractivity contribution in [3.8, 4) is 0 Å². The smallest absolute Gasteiger partial charge is 0.192 e. The minimum absolute atomic E-state index is 0.858. The third-order valence-electron chi connectivity index (χ3n) is 2.58. The summed E-state index contributed by atoms with van der Waals surface area (Å²) in [4.78, 5) is 0. The van der Waals surface area contributed by atoms with Gasteiger partial charge in [-0.05, 0) is 23.8 Å². The van der Waals surface area contributed by atoms with E-state index in [1.54, 1.807) is 0 Å². The van der Waals surface area contributed by atoms with Crippen molar-refractivity contribution in [2.45, 2.75) is 32.5 Å². The van der Waals surface area contributed by atoms with Crippen LogP contribution in [0.5, 0.6) is 0 Å². The van der Waals surface area contributed by atoms with Crippen molar-refractivity contribution in [2.24, 2.45) is 0 Å². The summed E-state index contributed by atoms with van der Waals surface area (Å²) in [6.07, 6.45) is 0. The molecule has 1 rings (SSSR count). The van der Waals surface area contributed by atoms with E-state index in [4.69, 9.17) is 4.12 Å². The molecule has 3 heteroatoms. The second-order valence-electron chi connectivity index (χ2n) is 3.63. The molecule has 0 heterocycles. The van der Waals surface area contributed by atoms with Gasteiger partial charge in [-0.25, -0.2) is 0 Å². The van der Waals surface area contributed by atoms with Crippen LogP contribution in [-0.4, -0.2) is 18.1 Å². The fraction of sp³-hybridized carbons (Fsp3) is 0.455. The van der Waals surface area contributed by atoms with E-state index < -0.39 is 18.1 Å². The Kier molecular flexibility index (Phi) is 5.15. The van der Waals surface area contributed by atoms with Gasteiger partial charge in [0.2, 0.25) is 0 Å². The molecule has 0 amide bonds. The van der Waals surface area contributed by atoms with Crippen LogP contribution in [0.3, 0.4) is 0 Å². The molecule has 1 nitrogen and oxygen atoms in total. The van der Waals surface area contributed by atoms with E-state index in [1.807, 2.05) is 0 Å². The zero-order valence-electron chi connectivity index (χ0n) is 9.36. The molecule has 1 unspecified atom stereocenters. The van der Waals surface area contributed by atoms with Crippen LogP contribution in [0.4, 0.5) is 0 Å². The standard InChI is InChI=1S/C11H20OSi2/c1-4-14(5-2)12-13(3)11-9-7-6-8-10-11/h6-10,13-14H,4-5H2,1-3H3. The monoisotopic (exact) mass is 224 g/mol. The first-order chi connectivity index (χ1) is 6.77. The van der Waals surface area contributed by atoms with E-state index in [-0.39, 0.29) is 0 Å². The molecular formula is C11H20OSi2. The molecule has 0 aliphatic carbocycles. The maximum absolute atomic E-state index is 6.21. The fourth-order valence-corrected chi connectivity index (χ4v) is 7.39. The van der Waals surface area contributed by atoms with Crippen molar-refractivity contribution in [1.82, 2.24) is 0 Å². The van der Waals surface area contributed by atoms with Crippen LogP contribution in [0.2, 0.25) is 18.6 Å². The van der Waals surface area contributed by atoms with Crippen LogP contribution in [-0.2, 0) is 4.12 Å². The van der Waals surface area contributed by atoms with Gasteiger partial charge in [-0.3, -0.25) is 0 Å². The summed E-state index contributed by atoms with van der Waals surface area (Å²) in [7, 11) is -1.95. The van der Waals surface area contributed by atoms with Gasteiger partial charge in [-0.2, -0.15) is 0 Å². The van der Waals surface area contributed by atoms with Crippen molar-refractivity contribution >= 4 is 23.3 Å². The van der Waals surface area contributed by atoms with Gasteiger partial charge in [-0.1, -0.05) is 44.2 Å². The topological polar surface area (TPSA) is 9.23 Å². The number of hydrogen-bond acceptors (Lipinski definition) is 1. The molecule has 0 saturated heterocycles. The fourth-order valence-electron chi connectivity index (χ4n) is 1.57. The molecule has 0 saturated carbocycles. The number of hydrogen-bond donors (Lipinski definition) is 0. The molecule has 1 atom stereocenters. The predicted octanol–water partition coefficient (Wildman–Crippen LogP) is 2.03. The van der Waals surface area contributed by atoms with Gasteiger partial charge >= 0.3 is 0 Å². The minimum atomic E-state index is -1.09. The van der Waals surface area contributed by atoms with Crippen LogP contribution < -0.4 is 5.19 Å². The first kappa shape index (κ1) is 11.7. The Morgan fingerprint density at radius 1 is 1.07 bits per heavy atom. The van der Waals surface area contributed by atoms with Gasteiger partial charge in [-0.15, -0.1) is 0 Å². The molecule has 0 aliphatic heterocycles. The Morgan fingerprint density at radius 3 is 2.14 bits per heavy atom. The van der Waals surface area contributed by atoms with Crippen LogP contribution >= 0.6 is 0 Å². The highest BCUT2D eigenvalue weighted by Gasteiger charge is 2.13. The van der Waals surface area contributed by atoms with Gasteiger partial charge in [0.1, 0.15) is 0 Å². The molecule has 0 aromatic heterocycles. The molecule has 1 aromatic rings. The summed E-state index contributed by atoms with van der Waals surface area (Å²) in [5.41, 5.74) is 0. The Hall–Kier alpha value is -0.386. The summed E-state index contributed by atoms with van der Waals surface area (Å²) in [5.74, 6) is 0. The molecule has 0 N–H and O–H groups in total. The third kappa shape index (κ3) is 3.40. The van der Waals surface area contributed by atoms with Gasteiger partial charge in [0.05, 0.1) is 0 Å². The summed E-state index contributed by atoms with van der Waals surface area (Å²) >= 11 is 0. The van der Waals surface area contributed by atoms with Crippen LogP contribution in [0, 0.1) is 0 Å². The molecule has 14 heavy (non-hydrogen) atoms. The van der Waals surface area contributed by atoms with Crippen molar-refractivity contribution in [2.75, 3.05) is 0 Å². The van der Waals surface area contributed by atoms with E-state index in [9.17, 15) is 0 Å². The van der Waals surface area contributed by atoms with Gasteiger partial charge in [0.25, 0.3) is 0 Å². The molecule has 78 valence electrons. The maximum Gasteiger partial charge on any atom is 0.192 e. The molecule has 1 aromatic carbocycles. The largest absolute Gasteiger partial charge is 0.457 e. The molecule has 0 bridgehead atoms. The van der Waals surface area contributed by atoms with Gasteiger partial charge in [0.15, 0.2) is 18.1 Å². The van der Waals surface area contributed by atoms with E-state index in [0.717, 1.165) is 0 Å². The van der Waals surface area contributed by atoms with Crippen LogP contribution in [0.25, 0.3) is 0 Å². The highest BCUT2D eigenvalue weighted by molar-refractivity contribution is 6.74. The zero-order chi connectivity index (χ0) is 10.4. The maximum atomic E-state index is 6.21. The lowest BCUT2D eigenvalue weighted by atomic mass is 10.4. The van der Waals surface area contributed by atoms with E-state index in [1.165, 1.54) is 17.3 Å². The SMILES string of the molecule is CC[SiH](CC)O[SiH](C)c1ccccc1. The van der Waals surface area contributed by atoms with Crippen molar-refractivity contribution in [3.05, 3.63) is 30.3 Å². The van der Waals surface area contributed by atoms with Crippen LogP contribution in [0.15, 0.2) is 30.3 Å². The van der Waals surface area contributed by atoms with Gasteiger partial charge < -0.3 is 4.12 Å². The normalized spacial score (nSPS) is 13.1. The lowest BCUT2D eigenvalue weighted by Gasteiger charge is -2.18. The summed E-state index contributed by atoms with van der Waals surface area (Å²) in [6.45, 7) is 6.81. The van der Waals surface area contributed by atoms with Gasteiger partial charge in [0, 0.05) is 0 Å². The number of rotatable bonds is 5. The van der Waals surface area contributed by atoms with E-state index in [2.05, 4.69) is 50.7 Å². The van der Waals surface area contributed by atoms with Crippen molar-refractivity contribution < 1.29 is 4.12 Å². The summed E-state index contributed by atoms with van der Waals surface area (Å²) < 4.78 is 6.21. The molecular weight excluding hydrogens is 204 g/mol. The quantitative estimate of drug-likeness (QED) is 0.696. The highest BCUT2D eigenvalue weighted by atomic mass is 28.4. The zero-order valence-corrected chi connectivity index (χ0v) is 11.7. The molecule has 0 spiro atoms. The lowest BCUT2D eigenvalue weighted by molar-refractivity contribution is 0.598. The first-order valence-electron chi connectivity index (χ1n) is 5.48. The van der Waals surface area contributed by atoms with E-state index in [0.29, 0.717) is 0 Å². The Labute approximate surface area is 90.6 Å². The minimum Gasteiger partial charge on any atom is -0.457 e. The lowest BCUT2D eigenvalue weighted by Crippen LogP contribution is -2.35. The average Bonchev–Trinajstić information content (AvgIpc) is 2.26. The summed E-state index contributed by atoms with van der Waals surface area (Å²) in [6, 6.07) is 13.2. The average molecular weight is 224 g/mol. The Morgan fingerprint density at radius 2 is 1.64 bits per heavy atom. The first-order valence-corrected chi connectivity index (χ1v) is 9.79. The number of benzene rings is 1. The Balaban J connectivity index is 2.54. The summed E-state index contributed by atoms with van der Waals surface area (Å²) in [5, 5.41) is 1.44. The highest BCUT2D eigenvalue weighted by Crippen LogP contribution is 2.02. The Bertz CT molecular complexity index is 247. The second kappa shape index (κ2) is 6.16.